The van der Waals surface area contributed by atoms with Crippen molar-refractivity contribution in [3.63, 3.8) is 0 Å². The van der Waals surface area contributed by atoms with Crippen LogP contribution in [0.3, 0.4) is 0 Å². The van der Waals surface area contributed by atoms with E-state index >= 15 is 0 Å². The highest BCUT2D eigenvalue weighted by molar-refractivity contribution is 6.32. The predicted octanol–water partition coefficient (Wildman–Crippen LogP) is 3.30. The van der Waals surface area contributed by atoms with E-state index in [9.17, 15) is 0 Å². The van der Waals surface area contributed by atoms with E-state index in [1.807, 2.05) is 6.92 Å². The van der Waals surface area contributed by atoms with Crippen LogP contribution < -0.4 is 0 Å². The highest BCUT2D eigenvalue weighted by atomic mass is 35.5. The van der Waals surface area contributed by atoms with Crippen molar-refractivity contribution in [2.24, 2.45) is 0 Å². The molecule has 0 aromatic carbocycles. The summed E-state index contributed by atoms with van der Waals surface area (Å²) in [4.78, 5) is 8.06. The van der Waals surface area contributed by atoms with Crippen molar-refractivity contribution >= 4 is 23.2 Å². The van der Waals surface area contributed by atoms with Crippen LogP contribution in [-0.4, -0.2) is 9.97 Å². The third-order valence-corrected chi connectivity index (χ3v) is 2.33. The maximum absolute atomic E-state index is 5.96. The van der Waals surface area contributed by atoms with Gasteiger partial charge in [-0.05, 0) is 24.4 Å². The zero-order valence-electron chi connectivity index (χ0n) is 7.77. The van der Waals surface area contributed by atoms with Crippen molar-refractivity contribution < 1.29 is 0 Å². The summed E-state index contributed by atoms with van der Waals surface area (Å²) in [6.45, 7) is 4.14. The van der Waals surface area contributed by atoms with Crippen molar-refractivity contribution in [3.05, 3.63) is 21.7 Å². The molecule has 0 amide bonds. The molecule has 1 rings (SSSR count). The van der Waals surface area contributed by atoms with Crippen LogP contribution in [0.25, 0.3) is 0 Å². The van der Waals surface area contributed by atoms with Crippen molar-refractivity contribution in [2.45, 2.75) is 33.1 Å². The van der Waals surface area contributed by atoms with Gasteiger partial charge in [0.05, 0.1) is 0 Å². The Bertz CT molecular complexity index is 300. The lowest BCUT2D eigenvalue weighted by atomic mass is 10.1. The fourth-order valence-corrected chi connectivity index (χ4v) is 1.77. The van der Waals surface area contributed by atoms with Crippen LogP contribution >= 0.6 is 23.2 Å². The number of aromatic nitrogens is 2. The lowest BCUT2D eigenvalue weighted by Crippen LogP contribution is -2.00. The van der Waals surface area contributed by atoms with Crippen LogP contribution in [0.5, 0.6) is 0 Å². The number of halogens is 2. The highest BCUT2D eigenvalue weighted by Crippen LogP contribution is 2.20. The summed E-state index contributed by atoms with van der Waals surface area (Å²) < 4.78 is 0. The molecule has 4 heteroatoms. The average molecular weight is 219 g/mol. The van der Waals surface area contributed by atoms with Crippen LogP contribution in [0.15, 0.2) is 0 Å². The molecule has 0 aliphatic heterocycles. The first-order chi connectivity index (χ1) is 6.19. The molecule has 0 radical (unpaired) electrons. The van der Waals surface area contributed by atoms with Gasteiger partial charge in [-0.1, -0.05) is 31.9 Å². The molecule has 0 unspecified atom stereocenters. The third-order valence-electron chi connectivity index (χ3n) is 1.85. The SMILES string of the molecule is CCCc1c(Cl)nc(Cl)nc1CC. The Morgan fingerprint density at radius 3 is 2.38 bits per heavy atom. The van der Waals surface area contributed by atoms with Crippen molar-refractivity contribution in [3.8, 4) is 0 Å². The van der Waals surface area contributed by atoms with Gasteiger partial charge in [0.25, 0.3) is 0 Å². The van der Waals surface area contributed by atoms with Crippen LogP contribution in [0.2, 0.25) is 10.4 Å². The topological polar surface area (TPSA) is 25.8 Å². The minimum absolute atomic E-state index is 0.238. The molecule has 0 bridgehead atoms. The quantitative estimate of drug-likeness (QED) is 0.575. The number of nitrogens with zero attached hydrogens (tertiary/aromatic N) is 2. The van der Waals surface area contributed by atoms with Crippen molar-refractivity contribution in [1.82, 2.24) is 9.97 Å². The predicted molar refractivity (Wildman–Crippen MR) is 55.4 cm³/mol. The van der Waals surface area contributed by atoms with Crippen LogP contribution in [0.4, 0.5) is 0 Å². The fourth-order valence-electron chi connectivity index (χ4n) is 1.26. The van der Waals surface area contributed by atoms with E-state index in [1.54, 1.807) is 0 Å². The van der Waals surface area contributed by atoms with Gasteiger partial charge in [0.2, 0.25) is 5.28 Å². The summed E-state index contributed by atoms with van der Waals surface area (Å²) in [5.41, 5.74) is 2.00. The molecular weight excluding hydrogens is 207 g/mol. The summed E-state index contributed by atoms with van der Waals surface area (Å²) in [6.07, 6.45) is 2.80. The van der Waals surface area contributed by atoms with Gasteiger partial charge in [0.1, 0.15) is 5.15 Å². The minimum Gasteiger partial charge on any atom is -0.223 e. The molecule has 0 saturated carbocycles. The summed E-state index contributed by atoms with van der Waals surface area (Å²) in [6, 6.07) is 0. The Hall–Kier alpha value is -0.340. The van der Waals surface area contributed by atoms with Crippen LogP contribution in [0, 0.1) is 0 Å². The van der Waals surface area contributed by atoms with Crippen molar-refractivity contribution in [2.75, 3.05) is 0 Å². The largest absolute Gasteiger partial charge is 0.224 e. The number of hydrogen-bond acceptors (Lipinski definition) is 2. The van der Waals surface area contributed by atoms with Gasteiger partial charge in [-0.2, -0.15) is 0 Å². The third kappa shape index (κ3) is 2.55. The van der Waals surface area contributed by atoms with Gasteiger partial charge in [-0.15, -0.1) is 0 Å². The Labute approximate surface area is 88.3 Å². The molecule has 0 saturated heterocycles. The molecule has 1 aromatic heterocycles. The molecule has 0 atom stereocenters. The van der Waals surface area contributed by atoms with E-state index < -0.39 is 0 Å². The summed E-state index contributed by atoms with van der Waals surface area (Å²) in [5.74, 6) is 0. The van der Waals surface area contributed by atoms with Gasteiger partial charge in [-0.3, -0.25) is 0 Å². The fraction of sp³-hybridized carbons (Fsp3) is 0.556. The second-order valence-corrected chi connectivity index (χ2v) is 3.51. The van der Waals surface area contributed by atoms with E-state index in [-0.39, 0.29) is 5.28 Å². The first-order valence-electron chi connectivity index (χ1n) is 4.39. The molecule has 0 N–H and O–H groups in total. The monoisotopic (exact) mass is 218 g/mol. The Morgan fingerprint density at radius 2 is 1.85 bits per heavy atom. The second-order valence-electron chi connectivity index (χ2n) is 2.81. The van der Waals surface area contributed by atoms with E-state index in [2.05, 4.69) is 16.9 Å². The molecule has 0 aliphatic rings. The van der Waals surface area contributed by atoms with E-state index in [0.717, 1.165) is 30.5 Å². The maximum Gasteiger partial charge on any atom is 0.224 e. The Balaban J connectivity index is 3.13. The number of aryl methyl sites for hydroxylation is 1. The first kappa shape index (κ1) is 10.7. The Morgan fingerprint density at radius 1 is 1.15 bits per heavy atom. The van der Waals surface area contributed by atoms with E-state index in [4.69, 9.17) is 23.2 Å². The van der Waals surface area contributed by atoms with Crippen molar-refractivity contribution in [1.29, 1.82) is 0 Å². The molecule has 72 valence electrons. The summed E-state index contributed by atoms with van der Waals surface area (Å²) in [7, 11) is 0. The smallest absolute Gasteiger partial charge is 0.223 e. The van der Waals surface area contributed by atoms with Gasteiger partial charge in [-0.25, -0.2) is 9.97 Å². The van der Waals surface area contributed by atoms with Crippen LogP contribution in [0.1, 0.15) is 31.5 Å². The van der Waals surface area contributed by atoms with Gasteiger partial charge in [0.15, 0.2) is 0 Å². The molecule has 1 heterocycles. The summed E-state index contributed by atoms with van der Waals surface area (Å²) >= 11 is 11.7. The lowest BCUT2D eigenvalue weighted by molar-refractivity contribution is 0.859. The van der Waals surface area contributed by atoms with E-state index in [1.165, 1.54) is 0 Å². The average Bonchev–Trinajstić information content (AvgIpc) is 2.09. The molecular formula is C9H12Cl2N2. The number of hydrogen-bond donors (Lipinski definition) is 0. The zero-order valence-corrected chi connectivity index (χ0v) is 9.28. The molecule has 13 heavy (non-hydrogen) atoms. The van der Waals surface area contributed by atoms with E-state index in [0.29, 0.717) is 5.15 Å². The lowest BCUT2D eigenvalue weighted by Gasteiger charge is -2.07. The molecule has 2 nitrogen and oxygen atoms in total. The molecule has 0 fully saturated rings. The number of rotatable bonds is 3. The second kappa shape index (κ2) is 4.77. The molecule has 0 spiro atoms. The zero-order chi connectivity index (χ0) is 9.84. The highest BCUT2D eigenvalue weighted by Gasteiger charge is 2.09. The normalized spacial score (nSPS) is 10.5. The maximum atomic E-state index is 5.96. The first-order valence-corrected chi connectivity index (χ1v) is 5.15. The van der Waals surface area contributed by atoms with Gasteiger partial charge < -0.3 is 0 Å². The standard InChI is InChI=1S/C9H12Cl2N2/c1-3-5-6-7(4-2)12-9(11)13-8(6)10/h3-5H2,1-2H3. The minimum atomic E-state index is 0.238. The van der Waals surface area contributed by atoms with Gasteiger partial charge >= 0.3 is 0 Å². The Kier molecular flexibility index (Phi) is 3.94. The summed E-state index contributed by atoms with van der Waals surface area (Å²) in [5, 5.41) is 0.736. The van der Waals surface area contributed by atoms with Crippen LogP contribution in [-0.2, 0) is 12.8 Å². The van der Waals surface area contributed by atoms with Gasteiger partial charge in [0, 0.05) is 11.3 Å². The molecule has 0 aliphatic carbocycles. The molecule has 1 aromatic rings.